The number of halogens is 1. The van der Waals surface area contributed by atoms with E-state index in [0.29, 0.717) is 6.42 Å². The number of nitrogens with one attached hydrogen (secondary N) is 1. The molecule has 2 aromatic carbocycles. The Morgan fingerprint density at radius 3 is 2.68 bits per heavy atom. The molecule has 5 heteroatoms. The zero-order chi connectivity index (χ0) is 17.4. The molecule has 1 aromatic heterocycles. The molecule has 0 saturated carbocycles. The average Bonchev–Trinajstić information content (AvgIpc) is 3.05. The molecule has 0 radical (unpaired) electrons. The van der Waals surface area contributed by atoms with E-state index in [-0.39, 0.29) is 17.6 Å². The summed E-state index contributed by atoms with van der Waals surface area (Å²) in [5, 5.41) is 5.02. The fraction of sp³-hybridized carbons (Fsp3) is 0.150. The molecule has 1 amide bonds. The highest BCUT2D eigenvalue weighted by atomic mass is 32.1. The second kappa shape index (κ2) is 6.33. The zero-order valence-corrected chi connectivity index (χ0v) is 14.4. The molecule has 2 heterocycles. The molecule has 0 spiro atoms. The van der Waals surface area contributed by atoms with Crippen LogP contribution in [0.4, 0.5) is 10.1 Å². The molecule has 0 unspecified atom stereocenters. The van der Waals surface area contributed by atoms with Crippen molar-refractivity contribution in [3.05, 3.63) is 70.2 Å². The van der Waals surface area contributed by atoms with Gasteiger partial charge in [0.25, 0.3) is 0 Å². The summed E-state index contributed by atoms with van der Waals surface area (Å²) in [6, 6.07) is 14.1. The van der Waals surface area contributed by atoms with Crippen molar-refractivity contribution in [3.63, 3.8) is 0 Å². The largest absolute Gasteiger partial charge is 0.496 e. The first-order valence-corrected chi connectivity index (χ1v) is 8.85. The Kier molecular flexibility index (Phi) is 4.01. The number of fused-ring (bicyclic) bond motifs is 1. The Hall–Kier alpha value is -2.66. The van der Waals surface area contributed by atoms with Crippen molar-refractivity contribution in [2.45, 2.75) is 12.3 Å². The van der Waals surface area contributed by atoms with Crippen LogP contribution in [0.25, 0.3) is 11.1 Å². The maximum atomic E-state index is 13.2. The molecule has 1 N–H and O–H groups in total. The predicted molar refractivity (Wildman–Crippen MR) is 97.8 cm³/mol. The van der Waals surface area contributed by atoms with Crippen molar-refractivity contribution in [2.24, 2.45) is 0 Å². The molecule has 0 aliphatic carbocycles. The topological polar surface area (TPSA) is 38.3 Å². The fourth-order valence-corrected chi connectivity index (χ4v) is 4.43. The molecule has 0 fully saturated rings. The molecule has 0 saturated heterocycles. The molecule has 126 valence electrons. The van der Waals surface area contributed by atoms with Gasteiger partial charge in [-0.3, -0.25) is 4.79 Å². The molecular formula is C20H16FNO2S. The van der Waals surface area contributed by atoms with Gasteiger partial charge in [-0.1, -0.05) is 30.3 Å². The maximum Gasteiger partial charge on any atom is 0.225 e. The summed E-state index contributed by atoms with van der Waals surface area (Å²) >= 11 is 1.61. The number of benzene rings is 2. The Morgan fingerprint density at radius 2 is 1.92 bits per heavy atom. The van der Waals surface area contributed by atoms with E-state index < -0.39 is 0 Å². The first-order chi connectivity index (χ1) is 12.2. The SMILES string of the molecule is COc1ccccc1[C@@H]1CC(=O)Nc2c(-c3ccc(F)cc3)csc21. The van der Waals surface area contributed by atoms with Crippen molar-refractivity contribution in [1.29, 1.82) is 0 Å². The van der Waals surface area contributed by atoms with Crippen LogP contribution in [0, 0.1) is 5.82 Å². The van der Waals surface area contributed by atoms with Crippen LogP contribution in [0.2, 0.25) is 0 Å². The normalized spacial score (nSPS) is 16.2. The summed E-state index contributed by atoms with van der Waals surface area (Å²) in [5.74, 6) is 0.443. The Balaban J connectivity index is 1.83. The minimum absolute atomic E-state index is 0.0230. The lowest BCUT2D eigenvalue weighted by molar-refractivity contribution is -0.116. The maximum absolute atomic E-state index is 13.2. The minimum Gasteiger partial charge on any atom is -0.496 e. The Bertz CT molecular complexity index is 933. The van der Waals surface area contributed by atoms with Gasteiger partial charge in [0.15, 0.2) is 0 Å². The average molecular weight is 353 g/mol. The van der Waals surface area contributed by atoms with E-state index in [1.54, 1.807) is 30.6 Å². The van der Waals surface area contributed by atoms with E-state index >= 15 is 0 Å². The van der Waals surface area contributed by atoms with Crippen LogP contribution in [-0.4, -0.2) is 13.0 Å². The lowest BCUT2D eigenvalue weighted by atomic mass is 9.88. The minimum atomic E-state index is -0.274. The number of carbonyl (C=O) groups is 1. The number of para-hydroxylation sites is 1. The third kappa shape index (κ3) is 2.81. The summed E-state index contributed by atoms with van der Waals surface area (Å²) in [7, 11) is 1.64. The molecular weight excluding hydrogens is 337 g/mol. The molecule has 3 nitrogen and oxygen atoms in total. The first-order valence-electron chi connectivity index (χ1n) is 7.97. The van der Waals surface area contributed by atoms with Gasteiger partial charge in [0.05, 0.1) is 12.8 Å². The fourth-order valence-electron chi connectivity index (χ4n) is 3.27. The van der Waals surface area contributed by atoms with Gasteiger partial charge in [0, 0.05) is 33.7 Å². The van der Waals surface area contributed by atoms with Gasteiger partial charge in [-0.15, -0.1) is 11.3 Å². The van der Waals surface area contributed by atoms with Crippen LogP contribution in [-0.2, 0) is 4.79 Å². The third-order valence-corrected chi connectivity index (χ3v) is 5.56. The van der Waals surface area contributed by atoms with Crippen LogP contribution >= 0.6 is 11.3 Å². The zero-order valence-electron chi connectivity index (χ0n) is 13.6. The highest BCUT2D eigenvalue weighted by Gasteiger charge is 2.31. The van der Waals surface area contributed by atoms with Crippen LogP contribution in [0.1, 0.15) is 22.8 Å². The number of anilines is 1. The van der Waals surface area contributed by atoms with Gasteiger partial charge in [-0.2, -0.15) is 0 Å². The van der Waals surface area contributed by atoms with Crippen LogP contribution in [0.3, 0.4) is 0 Å². The number of carbonyl (C=O) groups excluding carboxylic acids is 1. The summed E-state index contributed by atoms with van der Waals surface area (Å²) in [5.41, 5.74) is 3.64. The third-order valence-electron chi connectivity index (χ3n) is 4.46. The molecule has 3 aromatic rings. The van der Waals surface area contributed by atoms with E-state index in [0.717, 1.165) is 33.0 Å². The molecule has 25 heavy (non-hydrogen) atoms. The van der Waals surface area contributed by atoms with Crippen molar-refractivity contribution in [3.8, 4) is 16.9 Å². The highest BCUT2D eigenvalue weighted by Crippen LogP contribution is 2.48. The van der Waals surface area contributed by atoms with E-state index in [1.165, 1.54) is 12.1 Å². The second-order valence-corrected chi connectivity index (χ2v) is 6.85. The Labute approximate surface area is 149 Å². The van der Waals surface area contributed by atoms with Gasteiger partial charge in [-0.05, 0) is 23.8 Å². The lowest BCUT2D eigenvalue weighted by Crippen LogP contribution is -2.22. The predicted octanol–water partition coefficient (Wildman–Crippen LogP) is 5.04. The number of amides is 1. The van der Waals surface area contributed by atoms with Gasteiger partial charge in [-0.25, -0.2) is 4.39 Å². The van der Waals surface area contributed by atoms with Crippen molar-refractivity contribution < 1.29 is 13.9 Å². The van der Waals surface area contributed by atoms with Crippen LogP contribution < -0.4 is 10.1 Å². The number of thiophene rings is 1. The quantitative estimate of drug-likeness (QED) is 0.717. The molecule has 0 bridgehead atoms. The highest BCUT2D eigenvalue weighted by molar-refractivity contribution is 7.11. The summed E-state index contributed by atoms with van der Waals surface area (Å²) in [6.07, 6.45) is 0.386. The molecule has 1 aliphatic rings. The molecule has 4 rings (SSSR count). The van der Waals surface area contributed by atoms with E-state index in [1.807, 2.05) is 29.6 Å². The number of ether oxygens (including phenoxy) is 1. The van der Waals surface area contributed by atoms with E-state index in [2.05, 4.69) is 5.32 Å². The number of hydrogen-bond donors (Lipinski definition) is 1. The second-order valence-electron chi connectivity index (χ2n) is 5.94. The summed E-state index contributed by atoms with van der Waals surface area (Å²) < 4.78 is 18.7. The number of rotatable bonds is 3. The summed E-state index contributed by atoms with van der Waals surface area (Å²) in [4.78, 5) is 13.4. The van der Waals surface area contributed by atoms with Gasteiger partial charge < -0.3 is 10.1 Å². The van der Waals surface area contributed by atoms with Crippen LogP contribution in [0.5, 0.6) is 5.75 Å². The number of methoxy groups -OCH3 is 1. The molecule has 1 atom stereocenters. The van der Waals surface area contributed by atoms with Gasteiger partial charge in [0.1, 0.15) is 11.6 Å². The van der Waals surface area contributed by atoms with E-state index in [9.17, 15) is 9.18 Å². The van der Waals surface area contributed by atoms with Gasteiger partial charge >= 0.3 is 0 Å². The van der Waals surface area contributed by atoms with Crippen molar-refractivity contribution in [1.82, 2.24) is 0 Å². The monoisotopic (exact) mass is 353 g/mol. The standard InChI is InChI=1S/C20H16FNO2S/c1-24-17-5-3-2-4-14(17)15-10-18(23)22-19-16(11-25-20(15)19)12-6-8-13(21)9-7-12/h2-9,11,15H,10H2,1H3,(H,22,23)/t15-/m0/s1. The first kappa shape index (κ1) is 15.8. The Morgan fingerprint density at radius 1 is 1.16 bits per heavy atom. The summed E-state index contributed by atoms with van der Waals surface area (Å²) in [6.45, 7) is 0. The van der Waals surface area contributed by atoms with E-state index in [4.69, 9.17) is 4.74 Å². The van der Waals surface area contributed by atoms with Crippen molar-refractivity contribution >= 4 is 22.9 Å². The number of hydrogen-bond acceptors (Lipinski definition) is 3. The smallest absolute Gasteiger partial charge is 0.225 e. The molecule has 1 aliphatic heterocycles. The van der Waals surface area contributed by atoms with Crippen LogP contribution in [0.15, 0.2) is 53.9 Å². The lowest BCUT2D eigenvalue weighted by Gasteiger charge is -2.25. The van der Waals surface area contributed by atoms with Gasteiger partial charge in [0.2, 0.25) is 5.91 Å². The van der Waals surface area contributed by atoms with Crippen molar-refractivity contribution in [2.75, 3.05) is 12.4 Å².